The minimum Gasteiger partial charge on any atom is -0.478 e. The summed E-state index contributed by atoms with van der Waals surface area (Å²) in [5.74, 6) is 0.716. The van der Waals surface area contributed by atoms with Crippen LogP contribution in [-0.4, -0.2) is 11.7 Å². The maximum Gasteiger partial charge on any atom is 0.174 e. The Bertz CT molecular complexity index is 694. The van der Waals surface area contributed by atoms with Crippen LogP contribution in [0.1, 0.15) is 16.5 Å². The van der Waals surface area contributed by atoms with Crippen molar-refractivity contribution < 1.29 is 4.74 Å². The number of benzene rings is 2. The van der Waals surface area contributed by atoms with Crippen LogP contribution in [0.15, 0.2) is 59.7 Å². The van der Waals surface area contributed by atoms with E-state index in [2.05, 4.69) is 10.5 Å². The lowest BCUT2D eigenvalue weighted by atomic mass is 10.2. The Hall–Kier alpha value is -2.45. The van der Waals surface area contributed by atoms with Gasteiger partial charge in [-0.1, -0.05) is 60.3 Å². The van der Waals surface area contributed by atoms with Gasteiger partial charge in [0.25, 0.3) is 0 Å². The Labute approximate surface area is 127 Å². The molecule has 0 bridgehead atoms. The van der Waals surface area contributed by atoms with Crippen LogP contribution < -0.4 is 10.2 Å². The van der Waals surface area contributed by atoms with Crippen LogP contribution in [-0.2, 0) is 0 Å². The zero-order chi connectivity index (χ0) is 14.5. The molecule has 1 unspecified atom stereocenters. The summed E-state index contributed by atoms with van der Waals surface area (Å²) in [7, 11) is 0. The molecular weight excluding hydrogens is 282 g/mol. The number of hydrazone groups is 1. The van der Waals surface area contributed by atoms with Crippen molar-refractivity contribution in [3.63, 3.8) is 0 Å². The summed E-state index contributed by atoms with van der Waals surface area (Å²) in [5, 5.41) is 14.0. The monoisotopic (exact) mass is 295 g/mol. The van der Waals surface area contributed by atoms with Crippen molar-refractivity contribution in [3.05, 3.63) is 65.7 Å². The van der Waals surface area contributed by atoms with E-state index in [1.165, 1.54) is 0 Å². The van der Waals surface area contributed by atoms with Crippen LogP contribution in [0.5, 0.6) is 5.75 Å². The minimum atomic E-state index is -0.00454. The first-order valence-corrected chi connectivity index (χ1v) is 7.40. The number of hydrogen-bond acceptors (Lipinski definition) is 5. The highest BCUT2D eigenvalue weighted by atomic mass is 32.2. The first kappa shape index (κ1) is 13.5. The third-order valence-corrected chi connectivity index (χ3v) is 4.17. The van der Waals surface area contributed by atoms with E-state index in [0.29, 0.717) is 5.75 Å². The summed E-state index contributed by atoms with van der Waals surface area (Å²) in [5.41, 5.74) is 5.21. The highest BCUT2D eigenvalue weighted by molar-refractivity contribution is 8.14. The molecule has 0 saturated heterocycles. The molecule has 2 aromatic carbocycles. The average Bonchev–Trinajstić information content (AvgIpc) is 3.04. The van der Waals surface area contributed by atoms with Crippen molar-refractivity contribution in [2.75, 3.05) is 6.61 Å². The van der Waals surface area contributed by atoms with Gasteiger partial charge in [-0.25, -0.2) is 0 Å². The highest BCUT2D eigenvalue weighted by Gasteiger charge is 2.24. The number of nitrogens with one attached hydrogen (secondary N) is 1. The third kappa shape index (κ3) is 3.01. The van der Waals surface area contributed by atoms with Gasteiger partial charge in [0.05, 0.1) is 0 Å². The van der Waals surface area contributed by atoms with Crippen molar-refractivity contribution in [1.82, 2.24) is 5.43 Å². The maximum absolute atomic E-state index is 8.66. The second-order valence-corrected chi connectivity index (χ2v) is 5.49. The first-order chi connectivity index (χ1) is 10.4. The van der Waals surface area contributed by atoms with Gasteiger partial charge in [-0.05, 0) is 6.07 Å². The number of nitriles is 1. The first-order valence-electron chi connectivity index (χ1n) is 6.52. The lowest BCUT2D eigenvalue weighted by Crippen LogP contribution is -2.09. The SMILES string of the molecule is N#CCOc1ccccc1C1NN=C(c2ccccc2)S1. The molecule has 1 aliphatic heterocycles. The van der Waals surface area contributed by atoms with Crippen LogP contribution in [0.25, 0.3) is 0 Å². The van der Waals surface area contributed by atoms with Gasteiger partial charge in [0, 0.05) is 11.1 Å². The lowest BCUT2D eigenvalue weighted by molar-refractivity contribution is 0.362. The summed E-state index contributed by atoms with van der Waals surface area (Å²) >= 11 is 1.64. The third-order valence-electron chi connectivity index (χ3n) is 3.03. The molecule has 0 saturated carbocycles. The molecule has 5 heteroatoms. The molecular formula is C16H13N3OS. The van der Waals surface area contributed by atoms with Gasteiger partial charge >= 0.3 is 0 Å². The van der Waals surface area contributed by atoms with Crippen LogP contribution in [0, 0.1) is 11.3 Å². The Morgan fingerprint density at radius 2 is 1.90 bits per heavy atom. The fraction of sp³-hybridized carbons (Fsp3) is 0.125. The molecule has 1 atom stereocenters. The molecule has 21 heavy (non-hydrogen) atoms. The van der Waals surface area contributed by atoms with Gasteiger partial charge < -0.3 is 4.74 Å². The van der Waals surface area contributed by atoms with E-state index in [1.54, 1.807) is 11.8 Å². The largest absolute Gasteiger partial charge is 0.478 e. The van der Waals surface area contributed by atoms with Crippen molar-refractivity contribution >= 4 is 16.8 Å². The van der Waals surface area contributed by atoms with Crippen molar-refractivity contribution in [2.45, 2.75) is 5.37 Å². The van der Waals surface area contributed by atoms with E-state index < -0.39 is 0 Å². The molecule has 104 valence electrons. The van der Waals surface area contributed by atoms with Gasteiger partial charge in [-0.3, -0.25) is 5.43 Å². The molecule has 0 spiro atoms. The number of rotatable bonds is 4. The summed E-state index contributed by atoms with van der Waals surface area (Å²) in [6.07, 6.45) is 0. The molecule has 0 fully saturated rings. The van der Waals surface area contributed by atoms with Crippen molar-refractivity contribution in [3.8, 4) is 11.8 Å². The van der Waals surface area contributed by atoms with Crippen molar-refractivity contribution in [1.29, 1.82) is 5.26 Å². The Morgan fingerprint density at radius 1 is 1.14 bits per heavy atom. The number of thioether (sulfide) groups is 1. The molecule has 1 N–H and O–H groups in total. The Morgan fingerprint density at radius 3 is 2.71 bits per heavy atom. The van der Waals surface area contributed by atoms with E-state index >= 15 is 0 Å². The van der Waals surface area contributed by atoms with Gasteiger partial charge in [0.2, 0.25) is 0 Å². The molecule has 0 aromatic heterocycles. The van der Waals surface area contributed by atoms with E-state index in [-0.39, 0.29) is 12.0 Å². The molecule has 1 aliphatic rings. The molecule has 0 radical (unpaired) electrons. The smallest absolute Gasteiger partial charge is 0.174 e. The Balaban J connectivity index is 1.78. The molecule has 0 amide bonds. The van der Waals surface area contributed by atoms with Crippen LogP contribution in [0.3, 0.4) is 0 Å². The zero-order valence-electron chi connectivity index (χ0n) is 11.2. The van der Waals surface area contributed by atoms with E-state index in [4.69, 9.17) is 10.00 Å². The second-order valence-electron chi connectivity index (χ2n) is 4.39. The molecule has 0 aliphatic carbocycles. The van der Waals surface area contributed by atoms with E-state index in [1.807, 2.05) is 60.7 Å². The predicted molar refractivity (Wildman–Crippen MR) is 84.0 cm³/mol. The Kier molecular flexibility index (Phi) is 4.08. The quantitative estimate of drug-likeness (QED) is 0.940. The van der Waals surface area contributed by atoms with E-state index in [0.717, 1.165) is 16.2 Å². The zero-order valence-corrected chi connectivity index (χ0v) is 12.0. The van der Waals surface area contributed by atoms with Gasteiger partial charge in [-0.2, -0.15) is 10.4 Å². The fourth-order valence-electron chi connectivity index (χ4n) is 2.07. The fourth-order valence-corrected chi connectivity index (χ4v) is 3.09. The van der Waals surface area contributed by atoms with Crippen LogP contribution in [0.4, 0.5) is 0 Å². The van der Waals surface area contributed by atoms with Crippen molar-refractivity contribution in [2.24, 2.45) is 5.10 Å². The normalized spacial score (nSPS) is 16.7. The average molecular weight is 295 g/mol. The summed E-state index contributed by atoms with van der Waals surface area (Å²) in [6, 6.07) is 19.7. The minimum absolute atomic E-state index is 0.00454. The van der Waals surface area contributed by atoms with Crippen LogP contribution in [0.2, 0.25) is 0 Å². The van der Waals surface area contributed by atoms with E-state index in [9.17, 15) is 0 Å². The topological polar surface area (TPSA) is 57.4 Å². The maximum atomic E-state index is 8.66. The molecule has 3 rings (SSSR count). The molecule has 4 nitrogen and oxygen atoms in total. The summed E-state index contributed by atoms with van der Waals surface area (Å²) in [4.78, 5) is 0. The summed E-state index contributed by atoms with van der Waals surface area (Å²) in [6.45, 7) is 0.0425. The number of hydrogen-bond donors (Lipinski definition) is 1. The number of nitrogens with zero attached hydrogens (tertiary/aromatic N) is 2. The standard InChI is InChI=1S/C16H13N3OS/c17-10-11-20-14-9-5-4-8-13(14)16-19-18-15(21-16)12-6-2-1-3-7-12/h1-9,16,19H,11H2. The lowest BCUT2D eigenvalue weighted by Gasteiger charge is -2.14. The summed E-state index contributed by atoms with van der Waals surface area (Å²) < 4.78 is 5.47. The predicted octanol–water partition coefficient (Wildman–Crippen LogP) is 3.29. The van der Waals surface area contributed by atoms with Gasteiger partial charge in [-0.15, -0.1) is 0 Å². The van der Waals surface area contributed by atoms with Gasteiger partial charge in [0.1, 0.15) is 22.2 Å². The van der Waals surface area contributed by atoms with Gasteiger partial charge in [0.15, 0.2) is 6.61 Å². The molecule has 2 aromatic rings. The number of para-hydroxylation sites is 1. The number of ether oxygens (including phenoxy) is 1. The highest BCUT2D eigenvalue weighted by Crippen LogP contribution is 2.38. The van der Waals surface area contributed by atoms with Crippen LogP contribution >= 0.6 is 11.8 Å². The second kappa shape index (κ2) is 6.33. The molecule has 1 heterocycles.